The van der Waals surface area contributed by atoms with E-state index in [2.05, 4.69) is 29.7 Å². The molecule has 1 aromatic rings. The molecule has 0 spiro atoms. The third kappa shape index (κ3) is 9.40. The van der Waals surface area contributed by atoms with Crippen molar-refractivity contribution >= 4 is 52.1 Å². The van der Waals surface area contributed by atoms with Crippen LogP contribution in [0.5, 0.6) is 0 Å². The Hall–Kier alpha value is -2.68. The molecule has 0 aliphatic carbocycles. The van der Waals surface area contributed by atoms with Gasteiger partial charge in [0.25, 0.3) is 11.5 Å². The average Bonchev–Trinajstić information content (AvgIpc) is 3.26. The first-order chi connectivity index (χ1) is 20.7. The van der Waals surface area contributed by atoms with E-state index in [1.807, 2.05) is 13.0 Å². The number of aromatic nitrogens is 1. The van der Waals surface area contributed by atoms with E-state index in [0.29, 0.717) is 27.9 Å². The molecule has 0 unspecified atom stereocenters. The zero-order valence-electron chi connectivity index (χ0n) is 26.0. The van der Waals surface area contributed by atoms with Crippen LogP contribution in [0.4, 0.5) is 5.82 Å². The number of aliphatic carboxylic acids is 1. The van der Waals surface area contributed by atoms with E-state index in [1.54, 1.807) is 9.47 Å². The Bertz CT molecular complexity index is 1280. The van der Waals surface area contributed by atoms with Crippen LogP contribution in [0.2, 0.25) is 0 Å². The lowest BCUT2D eigenvalue weighted by atomic mass is 10.0. The summed E-state index contributed by atoms with van der Waals surface area (Å²) >= 11 is 6.92. The normalized spacial score (nSPS) is 16.8. The average molecular weight is 630 g/mol. The van der Waals surface area contributed by atoms with Gasteiger partial charge in [0.05, 0.1) is 4.91 Å². The largest absolute Gasteiger partial charge is 0.481 e. The Balaban J connectivity index is 1.75. The van der Waals surface area contributed by atoms with E-state index >= 15 is 0 Å². The van der Waals surface area contributed by atoms with Crippen molar-refractivity contribution in [3.63, 3.8) is 0 Å². The third-order valence-corrected chi connectivity index (χ3v) is 9.75. The Labute approximate surface area is 265 Å². The van der Waals surface area contributed by atoms with Crippen LogP contribution in [-0.2, 0) is 16.1 Å². The maximum absolute atomic E-state index is 13.5. The van der Waals surface area contributed by atoms with Crippen LogP contribution < -0.4 is 10.5 Å². The molecule has 2 aliphatic heterocycles. The molecule has 0 bridgehead atoms. The number of carbonyl (C=O) groups is 2. The number of carboxylic acids is 1. The van der Waals surface area contributed by atoms with Crippen molar-refractivity contribution < 1.29 is 14.7 Å². The van der Waals surface area contributed by atoms with Crippen LogP contribution >= 0.6 is 24.0 Å². The predicted octanol–water partition coefficient (Wildman–Crippen LogP) is 5.77. The van der Waals surface area contributed by atoms with Crippen LogP contribution in [0.3, 0.4) is 0 Å². The number of nitriles is 1. The number of hydrogen-bond donors (Lipinski definition) is 1. The van der Waals surface area contributed by atoms with E-state index in [4.69, 9.17) is 17.3 Å². The molecule has 3 heterocycles. The standard InChI is InChI=1S/C32H47N5O4S2/c1-4-6-16-36-29(35-20-18-34(5-2)19-21-35)25(24(3)26(23-33)30(36)40)22-27-31(41)37(32(42)43-27)17-14-12-10-8-7-9-11-13-15-28(38)39/h22H,4-21H2,1-3H3,(H,38,39)/b27-22+. The molecule has 0 aromatic carbocycles. The first-order valence-electron chi connectivity index (χ1n) is 15.8. The first kappa shape index (κ1) is 34.8. The van der Waals surface area contributed by atoms with E-state index in [-0.39, 0.29) is 23.5 Å². The van der Waals surface area contributed by atoms with Crippen LogP contribution in [0.1, 0.15) is 101 Å². The second-order valence-corrected chi connectivity index (χ2v) is 13.1. The molecule has 2 saturated heterocycles. The number of piperazine rings is 1. The number of anilines is 1. The molecule has 1 amide bonds. The van der Waals surface area contributed by atoms with Gasteiger partial charge in [-0.25, -0.2) is 0 Å². The number of hydrogen-bond acceptors (Lipinski definition) is 8. The first-order valence-corrected chi connectivity index (χ1v) is 17.1. The van der Waals surface area contributed by atoms with Crippen molar-refractivity contribution in [2.75, 3.05) is 44.2 Å². The van der Waals surface area contributed by atoms with E-state index in [9.17, 15) is 19.6 Å². The summed E-state index contributed by atoms with van der Waals surface area (Å²) in [6.45, 7) is 11.5. The summed E-state index contributed by atoms with van der Waals surface area (Å²) in [5.41, 5.74) is 1.25. The van der Waals surface area contributed by atoms with Gasteiger partial charge in [-0.1, -0.05) is 82.8 Å². The van der Waals surface area contributed by atoms with Crippen molar-refractivity contribution in [2.24, 2.45) is 0 Å². The number of nitrogens with zero attached hydrogens (tertiary/aromatic N) is 5. The minimum absolute atomic E-state index is 0.112. The van der Waals surface area contributed by atoms with Gasteiger partial charge in [-0.3, -0.25) is 23.9 Å². The van der Waals surface area contributed by atoms with Crippen molar-refractivity contribution in [1.29, 1.82) is 5.26 Å². The van der Waals surface area contributed by atoms with Gasteiger partial charge < -0.3 is 14.9 Å². The third-order valence-electron chi connectivity index (χ3n) is 8.37. The molecular weight excluding hydrogens is 583 g/mol. The highest BCUT2D eigenvalue weighted by atomic mass is 32.2. The minimum atomic E-state index is -0.727. The van der Waals surface area contributed by atoms with Crippen molar-refractivity contribution in [3.8, 4) is 6.07 Å². The molecule has 1 N–H and O–H groups in total. The zero-order chi connectivity index (χ0) is 31.4. The van der Waals surface area contributed by atoms with Gasteiger partial charge in [0.15, 0.2) is 0 Å². The van der Waals surface area contributed by atoms with Crippen molar-refractivity contribution in [3.05, 3.63) is 31.9 Å². The highest BCUT2D eigenvalue weighted by molar-refractivity contribution is 8.26. The van der Waals surface area contributed by atoms with Gasteiger partial charge in [-0.15, -0.1) is 0 Å². The monoisotopic (exact) mass is 629 g/mol. The summed E-state index contributed by atoms with van der Waals surface area (Å²) in [6, 6.07) is 2.14. The molecule has 9 nitrogen and oxygen atoms in total. The molecule has 0 radical (unpaired) electrons. The van der Waals surface area contributed by atoms with Gasteiger partial charge >= 0.3 is 5.97 Å². The number of thioether (sulfide) groups is 1. The molecule has 0 saturated carbocycles. The molecule has 236 valence electrons. The Morgan fingerprint density at radius 2 is 1.60 bits per heavy atom. The summed E-state index contributed by atoms with van der Waals surface area (Å²) in [5.74, 6) is -0.0344. The van der Waals surface area contributed by atoms with Crippen molar-refractivity contribution in [2.45, 2.75) is 97.9 Å². The van der Waals surface area contributed by atoms with Crippen LogP contribution in [-0.4, -0.2) is 74.9 Å². The predicted molar refractivity (Wildman–Crippen MR) is 178 cm³/mol. The zero-order valence-corrected chi connectivity index (χ0v) is 27.7. The Morgan fingerprint density at radius 3 is 2.19 bits per heavy atom. The van der Waals surface area contributed by atoms with Crippen molar-refractivity contribution in [1.82, 2.24) is 14.4 Å². The lowest BCUT2D eigenvalue weighted by Crippen LogP contribution is -2.48. The number of unbranched alkanes of at least 4 members (excludes halogenated alkanes) is 8. The lowest BCUT2D eigenvalue weighted by Gasteiger charge is -2.37. The van der Waals surface area contributed by atoms with Crippen LogP contribution in [0.25, 0.3) is 6.08 Å². The molecular formula is C32H47N5O4S2. The lowest BCUT2D eigenvalue weighted by molar-refractivity contribution is -0.137. The quantitative estimate of drug-likeness (QED) is 0.131. The maximum Gasteiger partial charge on any atom is 0.303 e. The molecule has 43 heavy (non-hydrogen) atoms. The van der Waals surface area contributed by atoms with E-state index in [0.717, 1.165) is 108 Å². The second kappa shape index (κ2) is 17.6. The van der Waals surface area contributed by atoms with Gasteiger partial charge in [-0.05, 0) is 44.4 Å². The highest BCUT2D eigenvalue weighted by Gasteiger charge is 2.33. The molecule has 11 heteroatoms. The molecule has 2 aliphatic rings. The number of rotatable bonds is 17. The number of amides is 1. The number of pyridine rings is 1. The molecule has 0 atom stereocenters. The number of thiocarbonyl (C=S) groups is 1. The Kier molecular flexibility index (Phi) is 14.2. The number of carbonyl (C=O) groups excluding carboxylic acids is 1. The smallest absolute Gasteiger partial charge is 0.303 e. The maximum atomic E-state index is 13.5. The fourth-order valence-corrected chi connectivity index (χ4v) is 7.01. The topological polar surface area (TPSA) is 110 Å². The van der Waals surface area contributed by atoms with Gasteiger partial charge in [0.1, 0.15) is 21.8 Å². The fourth-order valence-electron chi connectivity index (χ4n) is 5.72. The second-order valence-electron chi connectivity index (χ2n) is 11.4. The van der Waals surface area contributed by atoms with Gasteiger partial charge in [0.2, 0.25) is 0 Å². The van der Waals surface area contributed by atoms with Crippen LogP contribution in [0, 0.1) is 18.3 Å². The number of likely N-dealkylation sites (N-methyl/N-ethyl adjacent to an activating group) is 1. The van der Waals surface area contributed by atoms with Gasteiger partial charge in [0, 0.05) is 51.3 Å². The summed E-state index contributed by atoms with van der Waals surface area (Å²) in [6.07, 6.45) is 11.8. The molecule has 2 fully saturated rings. The SMILES string of the molecule is CCCCn1c(N2CCN(CC)CC2)c(/C=C2/SC(=S)N(CCCCCCCCCCC(=O)O)C2=O)c(C)c(C#N)c1=O. The minimum Gasteiger partial charge on any atom is -0.481 e. The summed E-state index contributed by atoms with van der Waals surface area (Å²) < 4.78 is 2.31. The summed E-state index contributed by atoms with van der Waals surface area (Å²) in [4.78, 5) is 44.5. The van der Waals surface area contributed by atoms with E-state index < -0.39 is 5.97 Å². The summed E-state index contributed by atoms with van der Waals surface area (Å²) in [7, 11) is 0. The molecule has 3 rings (SSSR count). The fraction of sp³-hybridized carbons (Fsp3) is 0.656. The van der Waals surface area contributed by atoms with Crippen LogP contribution in [0.15, 0.2) is 9.70 Å². The van der Waals surface area contributed by atoms with E-state index in [1.165, 1.54) is 11.8 Å². The molecule has 1 aromatic heterocycles. The highest BCUT2D eigenvalue weighted by Crippen LogP contribution is 2.36. The summed E-state index contributed by atoms with van der Waals surface area (Å²) in [5, 5.41) is 18.7. The Morgan fingerprint density at radius 1 is 0.977 bits per heavy atom. The number of carboxylic acid groups (broad SMARTS) is 1. The van der Waals surface area contributed by atoms with Gasteiger partial charge in [-0.2, -0.15) is 5.26 Å².